The first-order valence-corrected chi connectivity index (χ1v) is 6.03. The van der Waals surface area contributed by atoms with Gasteiger partial charge < -0.3 is 15.2 Å². The summed E-state index contributed by atoms with van der Waals surface area (Å²) in [4.78, 5) is 27.0. The smallest absolute Gasteiger partial charge is 0.357 e. The lowest BCUT2D eigenvalue weighted by Crippen LogP contribution is -2.26. The Morgan fingerprint density at radius 1 is 1.50 bits per heavy atom. The molecule has 1 aromatic heterocycles. The van der Waals surface area contributed by atoms with E-state index < -0.39 is 11.9 Å². The van der Waals surface area contributed by atoms with Gasteiger partial charge in [0.2, 0.25) is 0 Å². The first-order chi connectivity index (χ1) is 8.60. The third-order valence-electron chi connectivity index (χ3n) is 2.08. The van der Waals surface area contributed by atoms with E-state index in [9.17, 15) is 9.59 Å². The first kappa shape index (κ1) is 14.6. The van der Waals surface area contributed by atoms with Crippen LogP contribution >= 0.6 is 15.9 Å². The Labute approximate surface area is 112 Å². The van der Waals surface area contributed by atoms with Crippen LogP contribution in [0, 0.1) is 0 Å². The number of aromatic nitrogens is 1. The number of pyridine rings is 1. The molecule has 18 heavy (non-hydrogen) atoms. The Morgan fingerprint density at radius 3 is 2.83 bits per heavy atom. The van der Waals surface area contributed by atoms with Crippen molar-refractivity contribution in [2.45, 2.75) is 6.42 Å². The van der Waals surface area contributed by atoms with Crippen LogP contribution in [0.4, 0.5) is 0 Å². The van der Waals surface area contributed by atoms with Crippen LogP contribution in [0.15, 0.2) is 16.6 Å². The normalized spacial score (nSPS) is 9.94. The largest absolute Gasteiger partial charge is 0.464 e. The van der Waals surface area contributed by atoms with E-state index >= 15 is 0 Å². The van der Waals surface area contributed by atoms with Crippen molar-refractivity contribution < 1.29 is 19.4 Å². The van der Waals surface area contributed by atoms with E-state index in [1.165, 1.54) is 13.2 Å². The topological polar surface area (TPSA) is 88.5 Å². The summed E-state index contributed by atoms with van der Waals surface area (Å²) in [7, 11) is 1.24. The molecule has 7 heteroatoms. The number of ether oxygens (including phenoxy) is 1. The Morgan fingerprint density at radius 2 is 2.22 bits per heavy atom. The zero-order valence-electron chi connectivity index (χ0n) is 9.77. The van der Waals surface area contributed by atoms with Crippen LogP contribution in [-0.2, 0) is 4.74 Å². The van der Waals surface area contributed by atoms with Gasteiger partial charge in [-0.05, 0) is 34.5 Å². The molecule has 0 aliphatic heterocycles. The minimum Gasteiger partial charge on any atom is -0.464 e. The summed E-state index contributed by atoms with van der Waals surface area (Å²) in [6, 6.07) is 3.05. The van der Waals surface area contributed by atoms with Crippen LogP contribution in [0.3, 0.4) is 0 Å². The SMILES string of the molecule is COC(=O)c1nc(C(=O)NCCCO)ccc1Br. The van der Waals surface area contributed by atoms with Crippen molar-refractivity contribution in [1.29, 1.82) is 0 Å². The van der Waals surface area contributed by atoms with E-state index in [4.69, 9.17) is 5.11 Å². The highest BCUT2D eigenvalue weighted by Crippen LogP contribution is 2.16. The van der Waals surface area contributed by atoms with Gasteiger partial charge in [0.05, 0.1) is 11.6 Å². The molecule has 0 atom stereocenters. The van der Waals surface area contributed by atoms with Crippen molar-refractivity contribution in [2.75, 3.05) is 20.3 Å². The third-order valence-corrected chi connectivity index (χ3v) is 2.72. The molecule has 0 radical (unpaired) electrons. The van der Waals surface area contributed by atoms with Crippen LogP contribution in [0.1, 0.15) is 27.4 Å². The van der Waals surface area contributed by atoms with Crippen molar-refractivity contribution in [3.05, 3.63) is 28.0 Å². The molecule has 0 aromatic carbocycles. The van der Waals surface area contributed by atoms with Crippen LogP contribution in [0.5, 0.6) is 0 Å². The minimum atomic E-state index is -0.619. The number of rotatable bonds is 5. The number of aliphatic hydroxyl groups is 1. The lowest BCUT2D eigenvalue weighted by atomic mass is 10.3. The van der Waals surface area contributed by atoms with Gasteiger partial charge in [0.1, 0.15) is 5.69 Å². The van der Waals surface area contributed by atoms with Crippen LogP contribution in [-0.4, -0.2) is 42.2 Å². The quantitative estimate of drug-likeness (QED) is 0.618. The zero-order chi connectivity index (χ0) is 13.5. The minimum absolute atomic E-state index is 0.00145. The molecule has 0 fully saturated rings. The molecule has 0 saturated heterocycles. The van der Waals surface area contributed by atoms with Gasteiger partial charge in [-0.2, -0.15) is 0 Å². The number of amides is 1. The summed E-state index contributed by atoms with van der Waals surface area (Å²) >= 11 is 3.16. The fourth-order valence-corrected chi connectivity index (χ4v) is 1.56. The number of esters is 1. The second kappa shape index (κ2) is 7.07. The zero-order valence-corrected chi connectivity index (χ0v) is 11.4. The van der Waals surface area contributed by atoms with Crippen molar-refractivity contribution in [3.8, 4) is 0 Å². The molecule has 1 rings (SSSR count). The van der Waals surface area contributed by atoms with Gasteiger partial charge in [0, 0.05) is 13.2 Å². The molecule has 1 heterocycles. The number of aliphatic hydroxyl groups excluding tert-OH is 1. The molecule has 6 nitrogen and oxygen atoms in total. The average molecular weight is 317 g/mol. The number of hydrogen-bond donors (Lipinski definition) is 2. The second-order valence-electron chi connectivity index (χ2n) is 3.35. The van der Waals surface area contributed by atoms with E-state index in [0.717, 1.165) is 0 Å². The van der Waals surface area contributed by atoms with Gasteiger partial charge in [0.15, 0.2) is 5.69 Å². The fourth-order valence-electron chi connectivity index (χ4n) is 1.18. The number of halogens is 1. The molecular weight excluding hydrogens is 304 g/mol. The van der Waals surface area contributed by atoms with Gasteiger partial charge in [-0.1, -0.05) is 0 Å². The molecule has 1 aromatic rings. The molecule has 0 aliphatic rings. The summed E-state index contributed by atoms with van der Waals surface area (Å²) in [5.41, 5.74) is 0.170. The Hall–Kier alpha value is -1.47. The molecule has 0 aliphatic carbocycles. The lowest BCUT2D eigenvalue weighted by molar-refractivity contribution is 0.0592. The maximum Gasteiger partial charge on any atom is 0.357 e. The monoisotopic (exact) mass is 316 g/mol. The van der Waals surface area contributed by atoms with E-state index in [1.54, 1.807) is 6.07 Å². The molecular formula is C11H13BrN2O4. The molecule has 0 bridgehead atoms. The van der Waals surface area contributed by atoms with Gasteiger partial charge in [0.25, 0.3) is 5.91 Å². The Bertz CT molecular complexity index is 451. The van der Waals surface area contributed by atoms with Crippen molar-refractivity contribution >= 4 is 27.8 Å². The fraction of sp³-hybridized carbons (Fsp3) is 0.364. The lowest BCUT2D eigenvalue weighted by Gasteiger charge is -2.06. The van der Waals surface area contributed by atoms with Crippen LogP contribution < -0.4 is 5.32 Å². The van der Waals surface area contributed by atoms with Crippen molar-refractivity contribution in [3.63, 3.8) is 0 Å². The highest BCUT2D eigenvalue weighted by Gasteiger charge is 2.16. The third kappa shape index (κ3) is 3.78. The van der Waals surface area contributed by atoms with Gasteiger partial charge in [-0.25, -0.2) is 9.78 Å². The molecule has 0 spiro atoms. The number of nitrogens with one attached hydrogen (secondary N) is 1. The maximum absolute atomic E-state index is 11.7. The second-order valence-corrected chi connectivity index (χ2v) is 4.21. The maximum atomic E-state index is 11.7. The van der Waals surface area contributed by atoms with Crippen molar-refractivity contribution in [1.82, 2.24) is 10.3 Å². The Balaban J connectivity index is 2.84. The summed E-state index contributed by atoms with van der Waals surface area (Å²) < 4.78 is 5.01. The van der Waals surface area contributed by atoms with E-state index in [0.29, 0.717) is 17.4 Å². The standard InChI is InChI=1S/C11H13BrN2O4/c1-18-11(17)9-7(12)3-4-8(14-9)10(16)13-5-2-6-15/h3-4,15H,2,5-6H2,1H3,(H,13,16). The molecule has 98 valence electrons. The highest BCUT2D eigenvalue weighted by molar-refractivity contribution is 9.10. The summed E-state index contributed by atoms with van der Waals surface area (Å²) in [5.74, 6) is -1.02. The average Bonchev–Trinajstić information content (AvgIpc) is 2.38. The number of carbonyl (C=O) groups excluding carboxylic acids is 2. The van der Waals surface area contributed by atoms with Crippen LogP contribution in [0.25, 0.3) is 0 Å². The number of nitrogens with zero attached hydrogens (tertiary/aromatic N) is 1. The summed E-state index contributed by atoms with van der Waals surface area (Å²) in [6.45, 7) is 0.349. The van der Waals surface area contributed by atoms with Crippen molar-refractivity contribution in [2.24, 2.45) is 0 Å². The van der Waals surface area contributed by atoms with E-state index in [2.05, 4.69) is 31.0 Å². The number of methoxy groups -OCH3 is 1. The molecule has 0 saturated carbocycles. The van der Waals surface area contributed by atoms with Crippen LogP contribution in [0.2, 0.25) is 0 Å². The summed E-state index contributed by atoms with van der Waals surface area (Å²) in [5, 5.41) is 11.2. The number of carbonyl (C=O) groups is 2. The molecule has 1 amide bonds. The summed E-state index contributed by atoms with van der Waals surface area (Å²) in [6.07, 6.45) is 0.464. The van der Waals surface area contributed by atoms with Gasteiger partial charge in [-0.3, -0.25) is 4.79 Å². The highest BCUT2D eigenvalue weighted by atomic mass is 79.9. The molecule has 0 unspecified atom stereocenters. The van der Waals surface area contributed by atoms with E-state index in [1.807, 2.05) is 0 Å². The first-order valence-electron chi connectivity index (χ1n) is 5.24. The Kier molecular flexibility index (Phi) is 5.73. The predicted octanol–water partition coefficient (Wildman–Crippen LogP) is 0.743. The van der Waals surface area contributed by atoms with E-state index in [-0.39, 0.29) is 18.0 Å². The van der Waals surface area contributed by atoms with Gasteiger partial charge in [-0.15, -0.1) is 0 Å². The van der Waals surface area contributed by atoms with Gasteiger partial charge >= 0.3 is 5.97 Å². The molecule has 2 N–H and O–H groups in total. The number of hydrogen-bond acceptors (Lipinski definition) is 5. The predicted molar refractivity (Wildman–Crippen MR) is 67.3 cm³/mol.